The molecule has 0 unspecified atom stereocenters. The Morgan fingerprint density at radius 1 is 1.00 bits per heavy atom. The zero-order valence-corrected chi connectivity index (χ0v) is 24.0. The molecule has 0 saturated carbocycles. The summed E-state index contributed by atoms with van der Waals surface area (Å²) in [6.07, 6.45) is 0.699. The molecular weight excluding hydrogens is 541 g/mol. The maximum absolute atomic E-state index is 13.9. The van der Waals surface area contributed by atoms with Crippen LogP contribution < -0.4 is 9.62 Å². The fraction of sp³-hybridized carbons (Fsp3) is 0.310. The SMILES string of the molecule is CC[C@@H](C)NC(=O)[C@H](C)N(Cc1ccc(F)cc1)C(=O)CN(c1cccc(C)c1)S(=O)(=O)c1ccc(Cl)cc1. The van der Waals surface area contributed by atoms with E-state index in [1.165, 1.54) is 53.4 Å². The summed E-state index contributed by atoms with van der Waals surface area (Å²) in [4.78, 5) is 28.2. The van der Waals surface area contributed by atoms with Crippen LogP contribution in [0.3, 0.4) is 0 Å². The van der Waals surface area contributed by atoms with Gasteiger partial charge in [-0.05, 0) is 86.8 Å². The summed E-state index contributed by atoms with van der Waals surface area (Å²) >= 11 is 5.97. The van der Waals surface area contributed by atoms with E-state index in [-0.39, 0.29) is 23.4 Å². The normalized spacial score (nSPS) is 12.9. The molecule has 0 aliphatic carbocycles. The molecule has 3 aromatic rings. The summed E-state index contributed by atoms with van der Waals surface area (Å²) in [5, 5.41) is 3.25. The van der Waals surface area contributed by atoms with E-state index in [1.807, 2.05) is 26.8 Å². The first-order valence-corrected chi connectivity index (χ1v) is 14.4. The molecule has 3 aromatic carbocycles. The molecule has 1 N–H and O–H groups in total. The lowest BCUT2D eigenvalue weighted by atomic mass is 10.1. The molecule has 2 amide bonds. The third-order valence-corrected chi connectivity index (χ3v) is 8.44. The van der Waals surface area contributed by atoms with Crippen molar-refractivity contribution in [2.24, 2.45) is 0 Å². The molecule has 2 atom stereocenters. The highest BCUT2D eigenvalue weighted by atomic mass is 35.5. The number of hydrogen-bond donors (Lipinski definition) is 1. The van der Waals surface area contributed by atoms with Gasteiger partial charge in [0.1, 0.15) is 18.4 Å². The second kappa shape index (κ2) is 13.1. The van der Waals surface area contributed by atoms with E-state index in [9.17, 15) is 22.4 Å². The van der Waals surface area contributed by atoms with Gasteiger partial charge in [-0.2, -0.15) is 0 Å². The van der Waals surface area contributed by atoms with Crippen LogP contribution >= 0.6 is 11.6 Å². The molecule has 39 heavy (non-hydrogen) atoms. The Kier molecular flexibility index (Phi) is 10.1. The molecule has 0 heterocycles. The van der Waals surface area contributed by atoms with Crippen LogP contribution in [0.25, 0.3) is 0 Å². The highest BCUT2D eigenvalue weighted by Gasteiger charge is 2.32. The van der Waals surface area contributed by atoms with Crippen LogP contribution in [0.2, 0.25) is 5.02 Å². The van der Waals surface area contributed by atoms with E-state index in [2.05, 4.69) is 5.32 Å². The molecule has 0 fully saturated rings. The van der Waals surface area contributed by atoms with Gasteiger partial charge in [-0.25, -0.2) is 12.8 Å². The number of sulfonamides is 1. The highest BCUT2D eigenvalue weighted by molar-refractivity contribution is 7.92. The van der Waals surface area contributed by atoms with Crippen molar-refractivity contribution in [1.29, 1.82) is 0 Å². The Morgan fingerprint density at radius 2 is 1.64 bits per heavy atom. The van der Waals surface area contributed by atoms with E-state index >= 15 is 0 Å². The van der Waals surface area contributed by atoms with Gasteiger partial charge in [-0.1, -0.05) is 42.8 Å². The van der Waals surface area contributed by atoms with Crippen LogP contribution in [-0.2, 0) is 26.2 Å². The van der Waals surface area contributed by atoms with E-state index in [1.54, 1.807) is 25.1 Å². The molecule has 0 saturated heterocycles. The lowest BCUT2D eigenvalue weighted by Gasteiger charge is -2.32. The van der Waals surface area contributed by atoms with E-state index < -0.39 is 34.3 Å². The van der Waals surface area contributed by atoms with Crippen LogP contribution in [0, 0.1) is 12.7 Å². The van der Waals surface area contributed by atoms with Crippen LogP contribution in [0.4, 0.5) is 10.1 Å². The fourth-order valence-corrected chi connectivity index (χ4v) is 5.41. The maximum atomic E-state index is 13.9. The minimum absolute atomic E-state index is 0.0170. The van der Waals surface area contributed by atoms with Crippen LogP contribution in [0.15, 0.2) is 77.7 Å². The lowest BCUT2D eigenvalue weighted by Crippen LogP contribution is -2.52. The largest absolute Gasteiger partial charge is 0.352 e. The van der Waals surface area contributed by atoms with Crippen molar-refractivity contribution < 1.29 is 22.4 Å². The number of carbonyl (C=O) groups is 2. The number of halogens is 2. The monoisotopic (exact) mass is 573 g/mol. The first-order chi connectivity index (χ1) is 18.4. The number of amides is 2. The lowest BCUT2D eigenvalue weighted by molar-refractivity contribution is -0.139. The molecule has 208 valence electrons. The highest BCUT2D eigenvalue weighted by Crippen LogP contribution is 2.26. The van der Waals surface area contributed by atoms with Gasteiger partial charge in [0.2, 0.25) is 11.8 Å². The minimum atomic E-state index is -4.19. The Hall–Kier alpha value is -3.43. The Morgan fingerprint density at radius 3 is 2.23 bits per heavy atom. The molecule has 0 aliphatic heterocycles. The average Bonchev–Trinajstić information content (AvgIpc) is 2.90. The van der Waals surface area contributed by atoms with Gasteiger partial charge in [-0.3, -0.25) is 13.9 Å². The number of benzene rings is 3. The fourth-order valence-electron chi connectivity index (χ4n) is 3.88. The van der Waals surface area contributed by atoms with Crippen molar-refractivity contribution >= 4 is 39.1 Å². The number of anilines is 1. The molecule has 3 rings (SSSR count). The second-order valence-electron chi connectivity index (χ2n) is 9.45. The molecule has 0 aromatic heterocycles. The third-order valence-electron chi connectivity index (χ3n) is 6.40. The Labute approximate surface area is 234 Å². The predicted octanol–water partition coefficient (Wildman–Crippen LogP) is 5.31. The van der Waals surface area contributed by atoms with E-state index in [0.29, 0.717) is 22.7 Å². The predicted molar refractivity (Wildman–Crippen MR) is 151 cm³/mol. The standard InChI is InChI=1S/C29H33ClFN3O4S/c1-5-21(3)32-29(36)22(4)33(18-23-9-13-25(31)14-10-23)28(35)19-34(26-8-6-7-20(2)17-26)39(37,38)27-15-11-24(30)12-16-27/h6-17,21-22H,5,18-19H2,1-4H3,(H,32,36)/t21-,22+/m1/s1. The first-order valence-electron chi connectivity index (χ1n) is 12.6. The molecule has 10 heteroatoms. The van der Waals surface area contributed by atoms with Gasteiger partial charge in [0.05, 0.1) is 10.6 Å². The summed E-state index contributed by atoms with van der Waals surface area (Å²) in [6, 6.07) is 17.0. The molecule has 0 spiro atoms. The third kappa shape index (κ3) is 7.80. The first kappa shape index (κ1) is 30.1. The number of aryl methyl sites for hydroxylation is 1. The maximum Gasteiger partial charge on any atom is 0.264 e. The number of carbonyl (C=O) groups excluding carboxylic acids is 2. The van der Waals surface area contributed by atoms with Crippen molar-refractivity contribution in [3.05, 3.63) is 94.8 Å². The van der Waals surface area contributed by atoms with Gasteiger partial charge in [0.25, 0.3) is 10.0 Å². The van der Waals surface area contributed by atoms with E-state index in [0.717, 1.165) is 9.87 Å². The van der Waals surface area contributed by atoms with Crippen molar-refractivity contribution in [2.45, 2.75) is 57.6 Å². The number of hydrogen-bond acceptors (Lipinski definition) is 4. The second-order valence-corrected chi connectivity index (χ2v) is 11.7. The zero-order valence-electron chi connectivity index (χ0n) is 22.4. The number of nitrogens with one attached hydrogen (secondary N) is 1. The van der Waals surface area contributed by atoms with Crippen LogP contribution in [-0.4, -0.2) is 43.8 Å². The summed E-state index contributed by atoms with van der Waals surface area (Å²) in [7, 11) is -4.19. The van der Waals surface area contributed by atoms with Gasteiger partial charge in [0, 0.05) is 17.6 Å². The summed E-state index contributed by atoms with van der Waals surface area (Å²) in [5.74, 6) is -1.40. The van der Waals surface area contributed by atoms with Gasteiger partial charge >= 0.3 is 0 Å². The number of rotatable bonds is 11. The van der Waals surface area contributed by atoms with Gasteiger partial charge in [-0.15, -0.1) is 0 Å². The van der Waals surface area contributed by atoms with E-state index in [4.69, 9.17) is 11.6 Å². The molecular formula is C29H33ClFN3O4S. The Balaban J connectivity index is 2.02. The van der Waals surface area contributed by atoms with Crippen LogP contribution in [0.1, 0.15) is 38.3 Å². The summed E-state index contributed by atoms with van der Waals surface area (Å²) in [6.45, 7) is 6.62. The minimum Gasteiger partial charge on any atom is -0.352 e. The molecule has 0 radical (unpaired) electrons. The van der Waals surface area contributed by atoms with Gasteiger partial charge < -0.3 is 10.2 Å². The zero-order chi connectivity index (χ0) is 28.7. The Bertz CT molecular complexity index is 1400. The number of nitrogens with zero attached hydrogens (tertiary/aromatic N) is 2. The molecule has 0 bridgehead atoms. The molecule has 0 aliphatic rings. The van der Waals surface area contributed by atoms with Crippen molar-refractivity contribution in [2.75, 3.05) is 10.8 Å². The van der Waals surface area contributed by atoms with Crippen molar-refractivity contribution in [1.82, 2.24) is 10.2 Å². The summed E-state index contributed by atoms with van der Waals surface area (Å²) in [5.41, 5.74) is 1.70. The summed E-state index contributed by atoms with van der Waals surface area (Å²) < 4.78 is 42.1. The van der Waals surface area contributed by atoms with Crippen molar-refractivity contribution in [3.63, 3.8) is 0 Å². The van der Waals surface area contributed by atoms with Crippen LogP contribution in [0.5, 0.6) is 0 Å². The molecule has 7 nitrogen and oxygen atoms in total. The van der Waals surface area contributed by atoms with Gasteiger partial charge in [0.15, 0.2) is 0 Å². The quantitative estimate of drug-likeness (QED) is 0.337. The van der Waals surface area contributed by atoms with Crippen molar-refractivity contribution in [3.8, 4) is 0 Å². The topological polar surface area (TPSA) is 86.8 Å². The average molecular weight is 574 g/mol. The smallest absolute Gasteiger partial charge is 0.264 e.